The van der Waals surface area contributed by atoms with Gasteiger partial charge in [-0.3, -0.25) is 0 Å². The third-order valence-corrected chi connectivity index (χ3v) is 2.67. The molecule has 17 heavy (non-hydrogen) atoms. The molecule has 0 aromatic heterocycles. The van der Waals surface area contributed by atoms with Crippen molar-refractivity contribution in [3.63, 3.8) is 0 Å². The number of benzene rings is 1. The SMILES string of the molecule is CCOC(=S)c1ccc(F)c(OCCCl)c1C. The molecule has 0 aliphatic heterocycles. The van der Waals surface area contributed by atoms with Crippen molar-refractivity contribution in [2.75, 3.05) is 19.1 Å². The van der Waals surface area contributed by atoms with Crippen molar-refractivity contribution < 1.29 is 13.9 Å². The zero-order valence-electron chi connectivity index (χ0n) is 9.76. The second-order valence-electron chi connectivity index (χ2n) is 3.31. The van der Waals surface area contributed by atoms with Crippen molar-refractivity contribution in [2.24, 2.45) is 0 Å². The van der Waals surface area contributed by atoms with E-state index < -0.39 is 5.82 Å². The Morgan fingerprint density at radius 3 is 2.76 bits per heavy atom. The molecule has 0 N–H and O–H groups in total. The zero-order chi connectivity index (χ0) is 12.8. The average Bonchev–Trinajstić information content (AvgIpc) is 2.29. The highest BCUT2D eigenvalue weighted by molar-refractivity contribution is 7.80. The van der Waals surface area contributed by atoms with Crippen LogP contribution in [-0.4, -0.2) is 24.1 Å². The highest BCUT2D eigenvalue weighted by atomic mass is 35.5. The van der Waals surface area contributed by atoms with E-state index in [-0.39, 0.29) is 12.4 Å². The molecule has 0 amide bonds. The maximum atomic E-state index is 13.6. The van der Waals surface area contributed by atoms with E-state index in [1.54, 1.807) is 13.0 Å². The van der Waals surface area contributed by atoms with Crippen molar-refractivity contribution >= 4 is 28.9 Å². The van der Waals surface area contributed by atoms with Crippen LogP contribution >= 0.6 is 23.8 Å². The normalized spacial score (nSPS) is 10.1. The number of halogens is 2. The summed E-state index contributed by atoms with van der Waals surface area (Å²) in [6.45, 7) is 4.32. The first-order chi connectivity index (χ1) is 8.11. The van der Waals surface area contributed by atoms with Crippen LogP contribution < -0.4 is 4.74 Å². The van der Waals surface area contributed by atoms with E-state index in [2.05, 4.69) is 0 Å². The van der Waals surface area contributed by atoms with Crippen LogP contribution in [0, 0.1) is 12.7 Å². The molecule has 0 saturated heterocycles. The first-order valence-corrected chi connectivity index (χ1v) is 6.21. The molecular formula is C12H14ClFO2S. The molecule has 0 heterocycles. The van der Waals surface area contributed by atoms with Gasteiger partial charge >= 0.3 is 0 Å². The first-order valence-electron chi connectivity index (χ1n) is 5.26. The molecule has 0 spiro atoms. The van der Waals surface area contributed by atoms with Gasteiger partial charge in [-0.15, -0.1) is 11.6 Å². The number of hydrogen-bond acceptors (Lipinski definition) is 3. The standard InChI is InChI=1S/C12H14ClFO2S/c1-3-15-12(17)9-4-5-10(14)11(8(9)2)16-7-6-13/h4-5H,3,6-7H2,1-2H3. The van der Waals surface area contributed by atoms with Gasteiger partial charge in [0.2, 0.25) is 0 Å². The maximum absolute atomic E-state index is 13.6. The van der Waals surface area contributed by atoms with Crippen LogP contribution in [0.25, 0.3) is 0 Å². The Hall–Kier alpha value is -0.870. The van der Waals surface area contributed by atoms with Gasteiger partial charge in [-0.2, -0.15) is 0 Å². The summed E-state index contributed by atoms with van der Waals surface area (Å²) in [6, 6.07) is 2.91. The predicted octanol–water partition coefficient (Wildman–Crippen LogP) is 3.46. The minimum atomic E-state index is -0.421. The Balaban J connectivity index is 3.05. The van der Waals surface area contributed by atoms with Crippen LogP contribution in [0.1, 0.15) is 18.1 Å². The van der Waals surface area contributed by atoms with Crippen LogP contribution in [0.2, 0.25) is 0 Å². The molecule has 0 aliphatic rings. The van der Waals surface area contributed by atoms with Crippen molar-refractivity contribution in [3.8, 4) is 5.75 Å². The van der Waals surface area contributed by atoms with E-state index in [9.17, 15) is 4.39 Å². The van der Waals surface area contributed by atoms with Crippen LogP contribution in [0.4, 0.5) is 4.39 Å². The van der Waals surface area contributed by atoms with Crippen LogP contribution in [-0.2, 0) is 4.74 Å². The topological polar surface area (TPSA) is 18.5 Å². The Labute approximate surface area is 111 Å². The Morgan fingerprint density at radius 2 is 2.18 bits per heavy atom. The predicted molar refractivity (Wildman–Crippen MR) is 70.7 cm³/mol. The van der Waals surface area contributed by atoms with Crippen molar-refractivity contribution in [1.29, 1.82) is 0 Å². The molecule has 0 saturated carbocycles. The van der Waals surface area contributed by atoms with Gasteiger partial charge in [0.1, 0.15) is 6.61 Å². The molecule has 1 rings (SSSR count). The summed E-state index contributed by atoms with van der Waals surface area (Å²) in [5, 5.41) is 0.348. The highest BCUT2D eigenvalue weighted by Crippen LogP contribution is 2.26. The second-order valence-corrected chi connectivity index (χ2v) is 4.06. The van der Waals surface area contributed by atoms with Gasteiger partial charge in [0.15, 0.2) is 16.6 Å². The third kappa shape index (κ3) is 3.54. The molecule has 0 unspecified atom stereocenters. The van der Waals surface area contributed by atoms with Crippen LogP contribution in [0.15, 0.2) is 12.1 Å². The minimum Gasteiger partial charge on any atom is -0.489 e. The molecular weight excluding hydrogens is 263 g/mol. The smallest absolute Gasteiger partial charge is 0.191 e. The fourth-order valence-corrected chi connectivity index (χ4v) is 1.82. The van der Waals surface area contributed by atoms with Crippen LogP contribution in [0.3, 0.4) is 0 Å². The summed E-state index contributed by atoms with van der Waals surface area (Å²) >= 11 is 10.6. The monoisotopic (exact) mass is 276 g/mol. The summed E-state index contributed by atoms with van der Waals surface area (Å²) in [5.41, 5.74) is 1.31. The fourth-order valence-electron chi connectivity index (χ4n) is 1.41. The Kier molecular flexibility index (Phi) is 5.65. The summed E-state index contributed by atoms with van der Waals surface area (Å²) in [6.07, 6.45) is 0. The lowest BCUT2D eigenvalue weighted by Crippen LogP contribution is -2.09. The van der Waals surface area contributed by atoms with Gasteiger partial charge in [0.25, 0.3) is 0 Å². The number of ether oxygens (including phenoxy) is 2. The van der Waals surface area contributed by atoms with E-state index in [0.29, 0.717) is 28.7 Å². The van der Waals surface area contributed by atoms with E-state index in [1.807, 2.05) is 6.92 Å². The number of hydrogen-bond donors (Lipinski definition) is 0. The van der Waals surface area contributed by atoms with E-state index in [1.165, 1.54) is 6.07 Å². The molecule has 94 valence electrons. The Morgan fingerprint density at radius 1 is 1.47 bits per heavy atom. The lowest BCUT2D eigenvalue weighted by Gasteiger charge is -2.13. The van der Waals surface area contributed by atoms with E-state index in [0.717, 1.165) is 0 Å². The largest absolute Gasteiger partial charge is 0.489 e. The highest BCUT2D eigenvalue weighted by Gasteiger charge is 2.14. The van der Waals surface area contributed by atoms with Crippen molar-refractivity contribution in [1.82, 2.24) is 0 Å². The van der Waals surface area contributed by atoms with Gasteiger partial charge < -0.3 is 9.47 Å². The molecule has 0 aliphatic carbocycles. The zero-order valence-corrected chi connectivity index (χ0v) is 11.3. The van der Waals surface area contributed by atoms with Gasteiger partial charge in [-0.1, -0.05) is 0 Å². The molecule has 0 atom stereocenters. The summed E-state index contributed by atoms with van der Waals surface area (Å²) in [5.74, 6) is 0.0693. The maximum Gasteiger partial charge on any atom is 0.191 e. The van der Waals surface area contributed by atoms with Crippen molar-refractivity contribution in [3.05, 3.63) is 29.1 Å². The number of thiocarbonyl (C=S) groups is 1. The van der Waals surface area contributed by atoms with E-state index >= 15 is 0 Å². The first kappa shape index (κ1) is 14.2. The Bertz CT molecular complexity index is 410. The van der Waals surface area contributed by atoms with Gasteiger partial charge in [-0.05, 0) is 38.2 Å². The summed E-state index contributed by atoms with van der Waals surface area (Å²) in [7, 11) is 0. The molecule has 2 nitrogen and oxygen atoms in total. The lowest BCUT2D eigenvalue weighted by atomic mass is 10.1. The van der Waals surface area contributed by atoms with Crippen LogP contribution in [0.5, 0.6) is 5.75 Å². The van der Waals surface area contributed by atoms with Crippen molar-refractivity contribution in [2.45, 2.75) is 13.8 Å². The van der Waals surface area contributed by atoms with Gasteiger partial charge in [0, 0.05) is 11.1 Å². The van der Waals surface area contributed by atoms with Gasteiger partial charge in [-0.25, -0.2) is 4.39 Å². The van der Waals surface area contributed by atoms with Gasteiger partial charge in [0.05, 0.1) is 12.5 Å². The lowest BCUT2D eigenvalue weighted by molar-refractivity contribution is 0.319. The molecule has 0 bridgehead atoms. The molecule has 1 aromatic rings. The second kappa shape index (κ2) is 6.77. The molecule has 0 fully saturated rings. The number of rotatable bonds is 5. The van der Waals surface area contributed by atoms with E-state index in [4.69, 9.17) is 33.3 Å². The molecule has 1 aromatic carbocycles. The molecule has 0 radical (unpaired) electrons. The quantitative estimate of drug-likeness (QED) is 0.606. The summed E-state index contributed by atoms with van der Waals surface area (Å²) in [4.78, 5) is 0. The fraction of sp³-hybridized carbons (Fsp3) is 0.417. The summed E-state index contributed by atoms with van der Waals surface area (Å²) < 4.78 is 24.0. The molecule has 5 heteroatoms. The number of alkyl halides is 1. The minimum absolute atomic E-state index is 0.185. The third-order valence-electron chi connectivity index (χ3n) is 2.18. The average molecular weight is 277 g/mol.